The topological polar surface area (TPSA) is 69.7 Å². The van der Waals surface area contributed by atoms with Crippen LogP contribution in [-0.2, 0) is 14.4 Å². The number of benzene rings is 2. The van der Waals surface area contributed by atoms with Gasteiger partial charge in [-0.3, -0.25) is 14.4 Å². The minimum atomic E-state index is -0.324. The molecule has 0 aliphatic carbocycles. The summed E-state index contributed by atoms with van der Waals surface area (Å²) in [4.78, 5) is 41.4. The van der Waals surface area contributed by atoms with Gasteiger partial charge in [-0.2, -0.15) is 0 Å². The molecule has 2 aromatic carbocycles. The van der Waals surface area contributed by atoms with Crippen LogP contribution >= 0.6 is 11.6 Å². The molecule has 0 radical (unpaired) electrons. The molecule has 0 bridgehead atoms. The van der Waals surface area contributed by atoms with E-state index in [0.717, 1.165) is 5.69 Å². The average molecular weight is 426 g/mol. The van der Waals surface area contributed by atoms with E-state index < -0.39 is 0 Å². The van der Waals surface area contributed by atoms with E-state index in [2.05, 4.69) is 5.32 Å². The van der Waals surface area contributed by atoms with Crippen LogP contribution in [0, 0.1) is 11.8 Å². The van der Waals surface area contributed by atoms with Gasteiger partial charge in [-0.15, -0.1) is 0 Å². The van der Waals surface area contributed by atoms with Crippen molar-refractivity contribution in [1.82, 2.24) is 4.90 Å². The van der Waals surface area contributed by atoms with Gasteiger partial charge in [-0.05, 0) is 43.2 Å². The molecule has 0 aromatic heterocycles. The fraction of sp³-hybridized carbons (Fsp3) is 0.348. The molecular weight excluding hydrogens is 402 g/mol. The van der Waals surface area contributed by atoms with Crippen LogP contribution in [-0.4, -0.2) is 42.3 Å². The molecule has 156 valence electrons. The normalized spacial score (nSPS) is 19.8. The third kappa shape index (κ3) is 4.49. The maximum atomic E-state index is 13.0. The Bertz CT molecular complexity index is 942. The fourth-order valence-electron chi connectivity index (χ4n) is 4.16. The predicted octanol–water partition coefficient (Wildman–Crippen LogP) is 3.57. The quantitative estimate of drug-likeness (QED) is 0.814. The van der Waals surface area contributed by atoms with E-state index in [1.54, 1.807) is 34.1 Å². The van der Waals surface area contributed by atoms with E-state index in [4.69, 9.17) is 11.6 Å². The number of carbonyl (C=O) groups is 3. The number of carbonyl (C=O) groups excluding carboxylic acids is 3. The summed E-state index contributed by atoms with van der Waals surface area (Å²) >= 11 is 5.97. The zero-order chi connectivity index (χ0) is 21.1. The van der Waals surface area contributed by atoms with Crippen LogP contribution in [0.2, 0.25) is 5.02 Å². The van der Waals surface area contributed by atoms with Crippen LogP contribution in [0.25, 0.3) is 0 Å². The van der Waals surface area contributed by atoms with Gasteiger partial charge in [0.25, 0.3) is 0 Å². The number of rotatable bonds is 4. The minimum Gasteiger partial charge on any atom is -0.342 e. The highest BCUT2D eigenvalue weighted by Crippen LogP contribution is 2.28. The van der Waals surface area contributed by atoms with Gasteiger partial charge in [-0.25, -0.2) is 0 Å². The van der Waals surface area contributed by atoms with Crippen LogP contribution in [0.1, 0.15) is 19.3 Å². The standard InChI is InChI=1S/C23H24ClN3O3/c24-18-5-4-6-19(14-18)25-22(29)16-9-11-26(12-10-16)23(30)17-13-21(28)27(15-17)20-7-2-1-3-8-20/h1-8,14,16-17H,9-13,15H2,(H,25,29). The lowest BCUT2D eigenvalue weighted by atomic mass is 9.94. The van der Waals surface area contributed by atoms with Crippen molar-refractivity contribution in [3.05, 3.63) is 59.6 Å². The highest BCUT2D eigenvalue weighted by atomic mass is 35.5. The average Bonchev–Trinajstić information content (AvgIpc) is 3.15. The number of piperidine rings is 1. The number of hydrogen-bond acceptors (Lipinski definition) is 3. The lowest BCUT2D eigenvalue weighted by Gasteiger charge is -2.33. The van der Waals surface area contributed by atoms with Crippen molar-refractivity contribution in [2.24, 2.45) is 11.8 Å². The third-order valence-corrected chi connectivity index (χ3v) is 6.05. The van der Waals surface area contributed by atoms with Crippen molar-refractivity contribution >= 4 is 40.7 Å². The Labute approximate surface area is 180 Å². The number of halogens is 1. The summed E-state index contributed by atoms with van der Waals surface area (Å²) in [5, 5.41) is 3.48. The molecule has 2 aliphatic rings. The Balaban J connectivity index is 1.30. The van der Waals surface area contributed by atoms with Gasteiger partial charge in [0.2, 0.25) is 17.7 Å². The Kier molecular flexibility index (Phi) is 6.04. The summed E-state index contributed by atoms with van der Waals surface area (Å²) < 4.78 is 0. The lowest BCUT2D eigenvalue weighted by molar-refractivity contribution is -0.138. The highest BCUT2D eigenvalue weighted by molar-refractivity contribution is 6.30. The van der Waals surface area contributed by atoms with E-state index in [1.807, 2.05) is 30.3 Å². The Morgan fingerprint density at radius 3 is 2.40 bits per heavy atom. The van der Waals surface area contributed by atoms with Gasteiger partial charge in [0.1, 0.15) is 0 Å². The van der Waals surface area contributed by atoms with E-state index in [0.29, 0.717) is 43.2 Å². The number of nitrogens with one attached hydrogen (secondary N) is 1. The smallest absolute Gasteiger partial charge is 0.228 e. The molecule has 1 unspecified atom stereocenters. The molecule has 1 atom stereocenters. The Morgan fingerprint density at radius 1 is 0.967 bits per heavy atom. The highest BCUT2D eigenvalue weighted by Gasteiger charge is 2.38. The Hall–Kier alpha value is -2.86. The maximum Gasteiger partial charge on any atom is 0.228 e. The summed E-state index contributed by atoms with van der Waals surface area (Å²) in [6, 6.07) is 16.5. The third-order valence-electron chi connectivity index (χ3n) is 5.81. The molecule has 3 amide bonds. The lowest BCUT2D eigenvalue weighted by Crippen LogP contribution is -2.44. The van der Waals surface area contributed by atoms with E-state index in [1.165, 1.54) is 0 Å². The largest absolute Gasteiger partial charge is 0.342 e. The predicted molar refractivity (Wildman–Crippen MR) is 116 cm³/mol. The number of nitrogens with zero attached hydrogens (tertiary/aromatic N) is 2. The zero-order valence-corrected chi connectivity index (χ0v) is 17.3. The van der Waals surface area contributed by atoms with Gasteiger partial charge in [-0.1, -0.05) is 35.9 Å². The van der Waals surface area contributed by atoms with Gasteiger partial charge >= 0.3 is 0 Å². The molecule has 7 heteroatoms. The van der Waals surface area contributed by atoms with Crippen LogP contribution in [0.5, 0.6) is 0 Å². The second-order valence-electron chi connectivity index (χ2n) is 7.84. The summed E-state index contributed by atoms with van der Waals surface area (Å²) in [5.74, 6) is -0.518. The van der Waals surface area contributed by atoms with E-state index in [-0.39, 0.29) is 36.0 Å². The van der Waals surface area contributed by atoms with Crippen LogP contribution in [0.4, 0.5) is 11.4 Å². The first-order valence-electron chi connectivity index (χ1n) is 10.2. The molecule has 0 spiro atoms. The van der Waals surface area contributed by atoms with E-state index in [9.17, 15) is 14.4 Å². The molecule has 2 aromatic rings. The van der Waals surface area contributed by atoms with Crippen molar-refractivity contribution in [3.8, 4) is 0 Å². The molecule has 1 N–H and O–H groups in total. The van der Waals surface area contributed by atoms with Gasteiger partial charge in [0.05, 0.1) is 5.92 Å². The number of hydrogen-bond donors (Lipinski definition) is 1. The minimum absolute atomic E-state index is 0.00970. The molecule has 2 fully saturated rings. The van der Waals surface area contributed by atoms with Crippen molar-refractivity contribution in [2.75, 3.05) is 29.9 Å². The Morgan fingerprint density at radius 2 is 1.70 bits per heavy atom. The monoisotopic (exact) mass is 425 g/mol. The van der Waals surface area contributed by atoms with Gasteiger partial charge in [0.15, 0.2) is 0 Å². The van der Waals surface area contributed by atoms with Crippen molar-refractivity contribution in [3.63, 3.8) is 0 Å². The summed E-state index contributed by atoms with van der Waals surface area (Å²) in [6.07, 6.45) is 1.46. The van der Waals surface area contributed by atoms with E-state index >= 15 is 0 Å². The number of likely N-dealkylation sites (tertiary alicyclic amines) is 1. The number of anilines is 2. The van der Waals surface area contributed by atoms with Crippen LogP contribution < -0.4 is 10.2 Å². The second-order valence-corrected chi connectivity index (χ2v) is 8.28. The van der Waals surface area contributed by atoms with Crippen molar-refractivity contribution in [1.29, 1.82) is 0 Å². The molecule has 4 rings (SSSR count). The first kappa shape index (κ1) is 20.4. The molecule has 30 heavy (non-hydrogen) atoms. The first-order valence-corrected chi connectivity index (χ1v) is 10.6. The molecular formula is C23H24ClN3O3. The first-order chi connectivity index (χ1) is 14.5. The van der Waals surface area contributed by atoms with Crippen molar-refractivity contribution < 1.29 is 14.4 Å². The van der Waals surface area contributed by atoms with Gasteiger partial charge in [0, 0.05) is 48.4 Å². The SMILES string of the molecule is O=C(Nc1cccc(Cl)c1)C1CCN(C(=O)C2CC(=O)N(c3ccccc3)C2)CC1. The number of para-hydroxylation sites is 1. The van der Waals surface area contributed by atoms with Crippen LogP contribution in [0.15, 0.2) is 54.6 Å². The van der Waals surface area contributed by atoms with Crippen LogP contribution in [0.3, 0.4) is 0 Å². The molecule has 6 nitrogen and oxygen atoms in total. The summed E-state index contributed by atoms with van der Waals surface area (Å²) in [7, 11) is 0. The van der Waals surface area contributed by atoms with Gasteiger partial charge < -0.3 is 15.1 Å². The molecule has 2 saturated heterocycles. The maximum absolute atomic E-state index is 13.0. The fourth-order valence-corrected chi connectivity index (χ4v) is 4.35. The second kappa shape index (κ2) is 8.88. The molecule has 2 aliphatic heterocycles. The number of amides is 3. The molecule has 2 heterocycles. The molecule has 0 saturated carbocycles. The summed E-state index contributed by atoms with van der Waals surface area (Å²) in [6.45, 7) is 1.47. The van der Waals surface area contributed by atoms with Crippen molar-refractivity contribution in [2.45, 2.75) is 19.3 Å². The summed E-state index contributed by atoms with van der Waals surface area (Å²) in [5.41, 5.74) is 1.51. The zero-order valence-electron chi connectivity index (χ0n) is 16.6.